The molecule has 5 heteroatoms. The fraction of sp³-hybridized carbons (Fsp3) is 0.714. The highest BCUT2D eigenvalue weighted by Crippen LogP contribution is 2.18. The Bertz CT molecular complexity index is 387. The Morgan fingerprint density at radius 3 is 2.26 bits per heavy atom. The molecule has 1 fully saturated rings. The highest BCUT2D eigenvalue weighted by molar-refractivity contribution is 7.80. The first-order valence-electron chi connectivity index (χ1n) is 6.79. The number of hydrogen-bond donors (Lipinski definition) is 0. The Morgan fingerprint density at radius 1 is 1.32 bits per heavy atom. The molecule has 1 saturated heterocycles. The van der Waals surface area contributed by atoms with Gasteiger partial charge in [-0.25, -0.2) is 0 Å². The van der Waals surface area contributed by atoms with Gasteiger partial charge in [-0.15, -0.1) is 0 Å². The van der Waals surface area contributed by atoms with Crippen LogP contribution in [0.3, 0.4) is 0 Å². The molecule has 4 nitrogen and oxygen atoms in total. The Kier molecular flexibility index (Phi) is 5.79. The highest BCUT2D eigenvalue weighted by atomic mass is 32.1. The normalized spacial score (nSPS) is 18.6. The summed E-state index contributed by atoms with van der Waals surface area (Å²) in [6, 6.07) is 0. The standard InChI is InChI=1S/C14H21NO3S/c1-4-6-10(16)13-11(17)7-15(8-12(13)18)14(19)9(3)5-2/h9,13H,4-8H2,1-3H3. The number of nitrogens with zero attached hydrogens (tertiary/aromatic N) is 1. The monoisotopic (exact) mass is 283 g/mol. The first-order chi connectivity index (χ1) is 8.92. The minimum absolute atomic E-state index is 0.0923. The lowest BCUT2D eigenvalue weighted by atomic mass is 9.87. The van der Waals surface area contributed by atoms with Crippen molar-refractivity contribution in [3.63, 3.8) is 0 Å². The molecule has 1 heterocycles. The van der Waals surface area contributed by atoms with Crippen LogP contribution in [0.25, 0.3) is 0 Å². The molecule has 1 aliphatic rings. The third-order valence-electron chi connectivity index (χ3n) is 3.50. The number of rotatable bonds is 5. The molecule has 1 unspecified atom stereocenters. The minimum atomic E-state index is -1.05. The van der Waals surface area contributed by atoms with Gasteiger partial charge < -0.3 is 4.90 Å². The summed E-state index contributed by atoms with van der Waals surface area (Å²) in [4.78, 5) is 38.1. The van der Waals surface area contributed by atoms with E-state index in [4.69, 9.17) is 12.2 Å². The summed E-state index contributed by atoms with van der Waals surface area (Å²) >= 11 is 5.29. The van der Waals surface area contributed by atoms with Gasteiger partial charge in [-0.05, 0) is 12.8 Å². The number of hydrogen-bond acceptors (Lipinski definition) is 4. The van der Waals surface area contributed by atoms with Gasteiger partial charge >= 0.3 is 0 Å². The van der Waals surface area contributed by atoms with Gasteiger partial charge in [-0.1, -0.05) is 33.0 Å². The molecule has 0 amide bonds. The van der Waals surface area contributed by atoms with E-state index in [2.05, 4.69) is 0 Å². The van der Waals surface area contributed by atoms with Gasteiger partial charge in [-0.3, -0.25) is 14.4 Å². The predicted octanol–water partition coefficient (Wildman–Crippen LogP) is 1.80. The van der Waals surface area contributed by atoms with Crippen LogP contribution < -0.4 is 0 Å². The van der Waals surface area contributed by atoms with Crippen LogP contribution in [0.15, 0.2) is 0 Å². The lowest BCUT2D eigenvalue weighted by Gasteiger charge is -2.33. The van der Waals surface area contributed by atoms with Crippen LogP contribution in [-0.4, -0.2) is 40.3 Å². The van der Waals surface area contributed by atoms with Crippen molar-refractivity contribution in [1.82, 2.24) is 4.90 Å². The molecule has 0 N–H and O–H groups in total. The number of carbonyl (C=O) groups excluding carboxylic acids is 3. The fourth-order valence-electron chi connectivity index (χ4n) is 2.19. The molecule has 0 aromatic carbocycles. The number of Topliss-reactive ketones (excluding diaryl/α,β-unsaturated/α-hetero) is 3. The number of likely N-dealkylation sites (tertiary alicyclic amines) is 1. The van der Waals surface area contributed by atoms with Crippen LogP contribution in [0.4, 0.5) is 0 Å². The van der Waals surface area contributed by atoms with Crippen LogP contribution in [0.5, 0.6) is 0 Å². The van der Waals surface area contributed by atoms with E-state index >= 15 is 0 Å². The zero-order chi connectivity index (χ0) is 14.6. The second kappa shape index (κ2) is 6.89. The van der Waals surface area contributed by atoms with Crippen LogP contribution in [0, 0.1) is 11.8 Å². The van der Waals surface area contributed by atoms with Gasteiger partial charge in [-0.2, -0.15) is 0 Å². The van der Waals surface area contributed by atoms with Crippen LogP contribution in [0.2, 0.25) is 0 Å². The number of thiocarbonyl (C=S) groups is 1. The Labute approximate surface area is 119 Å². The number of piperidine rings is 1. The molecule has 1 rings (SSSR count). The molecule has 0 radical (unpaired) electrons. The van der Waals surface area contributed by atoms with E-state index in [0.29, 0.717) is 11.4 Å². The van der Waals surface area contributed by atoms with E-state index in [-0.39, 0.29) is 42.8 Å². The summed E-state index contributed by atoms with van der Waals surface area (Å²) in [6.07, 6.45) is 1.82. The predicted molar refractivity (Wildman–Crippen MR) is 77.0 cm³/mol. The van der Waals surface area contributed by atoms with Crippen molar-refractivity contribution in [2.24, 2.45) is 11.8 Å². The molecule has 0 aliphatic carbocycles. The first-order valence-corrected chi connectivity index (χ1v) is 7.20. The largest absolute Gasteiger partial charge is 0.351 e. The molecule has 1 aliphatic heterocycles. The fourth-order valence-corrected chi connectivity index (χ4v) is 2.48. The van der Waals surface area contributed by atoms with Crippen LogP contribution >= 0.6 is 12.2 Å². The molecular formula is C14H21NO3S. The van der Waals surface area contributed by atoms with E-state index in [1.165, 1.54) is 0 Å². The molecule has 0 aromatic rings. The van der Waals surface area contributed by atoms with Crippen molar-refractivity contribution in [3.05, 3.63) is 0 Å². The Morgan fingerprint density at radius 2 is 1.84 bits per heavy atom. The van der Waals surface area contributed by atoms with Gasteiger partial charge in [0.25, 0.3) is 0 Å². The maximum Gasteiger partial charge on any atom is 0.170 e. The molecule has 0 bridgehead atoms. The van der Waals surface area contributed by atoms with Gasteiger partial charge in [0.2, 0.25) is 0 Å². The van der Waals surface area contributed by atoms with Gasteiger partial charge in [0, 0.05) is 12.3 Å². The number of carbonyl (C=O) groups is 3. The van der Waals surface area contributed by atoms with E-state index in [1.54, 1.807) is 4.90 Å². The van der Waals surface area contributed by atoms with Crippen molar-refractivity contribution in [3.8, 4) is 0 Å². The SMILES string of the molecule is CCCC(=O)C1C(=O)CN(C(=S)C(C)CC)CC1=O. The Hall–Kier alpha value is -1.10. The van der Waals surface area contributed by atoms with E-state index < -0.39 is 5.92 Å². The topological polar surface area (TPSA) is 54.5 Å². The lowest BCUT2D eigenvalue weighted by molar-refractivity contribution is -0.143. The smallest absolute Gasteiger partial charge is 0.170 e. The highest BCUT2D eigenvalue weighted by Gasteiger charge is 2.39. The van der Waals surface area contributed by atoms with Crippen molar-refractivity contribution in [2.45, 2.75) is 40.0 Å². The van der Waals surface area contributed by atoms with Crippen LogP contribution in [0.1, 0.15) is 40.0 Å². The van der Waals surface area contributed by atoms with Crippen molar-refractivity contribution < 1.29 is 14.4 Å². The van der Waals surface area contributed by atoms with Gasteiger partial charge in [0.15, 0.2) is 17.3 Å². The van der Waals surface area contributed by atoms with Crippen molar-refractivity contribution in [1.29, 1.82) is 0 Å². The Balaban J connectivity index is 2.76. The summed E-state index contributed by atoms with van der Waals surface area (Å²) in [5, 5.41) is 0. The number of ketones is 3. The van der Waals surface area contributed by atoms with Gasteiger partial charge in [0.05, 0.1) is 18.1 Å². The van der Waals surface area contributed by atoms with Crippen molar-refractivity contribution in [2.75, 3.05) is 13.1 Å². The molecular weight excluding hydrogens is 262 g/mol. The molecule has 19 heavy (non-hydrogen) atoms. The lowest BCUT2D eigenvalue weighted by Crippen LogP contribution is -2.52. The average molecular weight is 283 g/mol. The summed E-state index contributed by atoms with van der Waals surface area (Å²) < 4.78 is 0. The molecule has 106 valence electrons. The summed E-state index contributed by atoms with van der Waals surface area (Å²) in [5.41, 5.74) is 0. The van der Waals surface area contributed by atoms with Crippen LogP contribution in [-0.2, 0) is 14.4 Å². The van der Waals surface area contributed by atoms with Gasteiger partial charge in [0.1, 0.15) is 5.92 Å². The molecule has 0 spiro atoms. The third kappa shape index (κ3) is 3.69. The summed E-state index contributed by atoms with van der Waals surface area (Å²) in [5.74, 6) is -1.73. The maximum atomic E-state index is 12.0. The zero-order valence-corrected chi connectivity index (χ0v) is 12.6. The first kappa shape index (κ1) is 16.0. The molecule has 0 saturated carbocycles. The van der Waals surface area contributed by atoms with E-state index in [1.807, 2.05) is 20.8 Å². The van der Waals surface area contributed by atoms with E-state index in [0.717, 1.165) is 6.42 Å². The summed E-state index contributed by atoms with van der Waals surface area (Å²) in [6.45, 7) is 6.04. The van der Waals surface area contributed by atoms with E-state index in [9.17, 15) is 14.4 Å². The third-order valence-corrected chi connectivity index (χ3v) is 4.16. The maximum absolute atomic E-state index is 12.0. The molecule has 0 aromatic heterocycles. The summed E-state index contributed by atoms with van der Waals surface area (Å²) in [7, 11) is 0. The van der Waals surface area contributed by atoms with Crippen molar-refractivity contribution >= 4 is 34.6 Å². The zero-order valence-electron chi connectivity index (χ0n) is 11.8. The second-order valence-corrected chi connectivity index (χ2v) is 5.50. The quantitative estimate of drug-likeness (QED) is 0.569. The second-order valence-electron chi connectivity index (χ2n) is 5.09. The molecule has 1 atom stereocenters. The average Bonchev–Trinajstić information content (AvgIpc) is 2.36. The minimum Gasteiger partial charge on any atom is -0.351 e.